The molecule has 4 aromatic rings. The van der Waals surface area contributed by atoms with E-state index >= 15 is 0 Å². The maximum absolute atomic E-state index is 14.3. The van der Waals surface area contributed by atoms with Crippen LogP contribution in [0.1, 0.15) is 18.9 Å². The van der Waals surface area contributed by atoms with Gasteiger partial charge in [-0.2, -0.15) is 4.98 Å². The Morgan fingerprint density at radius 1 is 1.00 bits per heavy atom. The minimum absolute atomic E-state index is 0.0381. The van der Waals surface area contributed by atoms with Gasteiger partial charge in [-0.1, -0.05) is 0 Å². The molecule has 1 saturated heterocycles. The lowest BCUT2D eigenvalue weighted by Gasteiger charge is -2.25. The average molecular weight is 438 g/mol. The number of ether oxygens (including phenoxy) is 1. The highest BCUT2D eigenvalue weighted by Gasteiger charge is 2.24. The SMILES string of the molecule is Oc1ccc(Nc2ncc3nc(Nc4ccc(F)cc4F)n(C4CCOCC4)c3n2)cc1. The summed E-state index contributed by atoms with van der Waals surface area (Å²) in [7, 11) is 0. The number of nitrogens with zero attached hydrogens (tertiary/aromatic N) is 4. The summed E-state index contributed by atoms with van der Waals surface area (Å²) in [5.74, 6) is -0.448. The van der Waals surface area contributed by atoms with Crippen molar-refractivity contribution in [2.75, 3.05) is 23.8 Å². The number of nitrogens with one attached hydrogen (secondary N) is 2. The number of imidazole rings is 1. The molecule has 3 N–H and O–H groups in total. The first-order valence-electron chi connectivity index (χ1n) is 10.2. The Labute approximate surface area is 181 Å². The zero-order valence-electron chi connectivity index (χ0n) is 16.9. The van der Waals surface area contributed by atoms with Crippen molar-refractivity contribution in [3.8, 4) is 5.75 Å². The summed E-state index contributed by atoms with van der Waals surface area (Å²) in [6.07, 6.45) is 3.08. The maximum atomic E-state index is 14.3. The summed E-state index contributed by atoms with van der Waals surface area (Å²) in [6.45, 7) is 1.19. The molecule has 0 amide bonds. The number of hydrogen-bond acceptors (Lipinski definition) is 7. The Bertz CT molecular complexity index is 1260. The molecule has 0 radical (unpaired) electrons. The molecule has 2 aromatic carbocycles. The zero-order valence-corrected chi connectivity index (χ0v) is 16.9. The van der Waals surface area contributed by atoms with Crippen LogP contribution in [-0.2, 0) is 4.74 Å². The lowest BCUT2D eigenvalue weighted by Crippen LogP contribution is -2.21. The predicted molar refractivity (Wildman–Crippen MR) is 115 cm³/mol. The summed E-state index contributed by atoms with van der Waals surface area (Å²) in [6, 6.07) is 9.93. The van der Waals surface area contributed by atoms with Crippen LogP contribution in [0.25, 0.3) is 11.2 Å². The summed E-state index contributed by atoms with van der Waals surface area (Å²) in [5, 5.41) is 15.6. The number of halogens is 2. The van der Waals surface area contributed by atoms with Gasteiger partial charge in [-0.25, -0.2) is 18.7 Å². The number of aromatic hydroxyl groups is 1. The predicted octanol–water partition coefficient (Wildman–Crippen LogP) is 4.65. The van der Waals surface area contributed by atoms with Gasteiger partial charge in [-0.15, -0.1) is 0 Å². The van der Waals surface area contributed by atoms with Crippen LogP contribution in [0.2, 0.25) is 0 Å². The van der Waals surface area contributed by atoms with E-state index in [1.165, 1.54) is 12.1 Å². The fraction of sp³-hybridized carbons (Fsp3) is 0.227. The molecule has 0 unspecified atom stereocenters. The molecule has 0 bridgehead atoms. The Hall–Kier alpha value is -3.79. The third kappa shape index (κ3) is 4.04. The molecule has 2 aromatic heterocycles. The standard InChI is InChI=1S/C22H20F2N6O2/c23-13-1-6-18(17(24)11-13)27-22-28-19-12-25-21(26-14-2-4-16(31)5-3-14)29-20(19)30(22)15-7-9-32-10-8-15/h1-6,11-12,15,31H,7-10H2,(H,27,28)(H,25,26,29). The minimum atomic E-state index is -0.712. The normalized spacial score (nSPS) is 14.6. The Morgan fingerprint density at radius 2 is 1.78 bits per heavy atom. The number of hydrogen-bond donors (Lipinski definition) is 3. The van der Waals surface area contributed by atoms with E-state index in [4.69, 9.17) is 4.74 Å². The van der Waals surface area contributed by atoms with Gasteiger partial charge in [0.05, 0.1) is 11.9 Å². The molecule has 1 aliphatic rings. The van der Waals surface area contributed by atoms with Gasteiger partial charge in [-0.05, 0) is 49.2 Å². The van der Waals surface area contributed by atoms with Crippen LogP contribution in [0.3, 0.4) is 0 Å². The summed E-state index contributed by atoms with van der Waals surface area (Å²) < 4.78 is 35.0. The molecule has 5 rings (SSSR count). The Balaban J connectivity index is 1.55. The van der Waals surface area contributed by atoms with E-state index in [9.17, 15) is 13.9 Å². The van der Waals surface area contributed by atoms with E-state index in [1.807, 2.05) is 4.57 Å². The van der Waals surface area contributed by atoms with E-state index in [0.717, 1.165) is 18.9 Å². The van der Waals surface area contributed by atoms with Crippen LogP contribution in [-0.4, -0.2) is 37.8 Å². The second-order valence-corrected chi connectivity index (χ2v) is 7.47. The van der Waals surface area contributed by atoms with Crippen LogP contribution < -0.4 is 10.6 Å². The highest BCUT2D eigenvalue weighted by Crippen LogP contribution is 2.32. The van der Waals surface area contributed by atoms with Gasteiger partial charge in [0.1, 0.15) is 22.9 Å². The van der Waals surface area contributed by atoms with Gasteiger partial charge in [0, 0.05) is 31.0 Å². The molecule has 0 aliphatic carbocycles. The molecular weight excluding hydrogens is 418 g/mol. The fourth-order valence-electron chi connectivity index (χ4n) is 3.71. The highest BCUT2D eigenvalue weighted by molar-refractivity contribution is 5.77. The van der Waals surface area contributed by atoms with Crippen LogP contribution >= 0.6 is 0 Å². The van der Waals surface area contributed by atoms with E-state index in [-0.39, 0.29) is 17.5 Å². The van der Waals surface area contributed by atoms with Gasteiger partial charge < -0.3 is 20.5 Å². The number of rotatable bonds is 5. The molecule has 0 atom stereocenters. The van der Waals surface area contributed by atoms with Gasteiger partial charge in [-0.3, -0.25) is 4.57 Å². The number of anilines is 4. The van der Waals surface area contributed by atoms with Gasteiger partial charge in [0.25, 0.3) is 0 Å². The van der Waals surface area contributed by atoms with Crippen molar-refractivity contribution in [1.82, 2.24) is 19.5 Å². The molecule has 0 saturated carbocycles. The zero-order chi connectivity index (χ0) is 22.1. The first-order chi connectivity index (χ1) is 15.6. The Morgan fingerprint density at radius 3 is 2.53 bits per heavy atom. The van der Waals surface area contributed by atoms with Crippen LogP contribution in [0.5, 0.6) is 5.75 Å². The van der Waals surface area contributed by atoms with E-state index in [2.05, 4.69) is 25.6 Å². The van der Waals surface area contributed by atoms with Crippen molar-refractivity contribution in [2.24, 2.45) is 0 Å². The van der Waals surface area contributed by atoms with Gasteiger partial charge in [0.2, 0.25) is 11.9 Å². The number of phenols is 1. The minimum Gasteiger partial charge on any atom is -0.508 e. The monoisotopic (exact) mass is 438 g/mol. The topological polar surface area (TPSA) is 97.1 Å². The van der Waals surface area contributed by atoms with Crippen molar-refractivity contribution < 1.29 is 18.6 Å². The molecular formula is C22H20F2N6O2. The van der Waals surface area contributed by atoms with Crippen molar-refractivity contribution >= 4 is 34.4 Å². The highest BCUT2D eigenvalue weighted by atomic mass is 19.1. The van der Waals surface area contributed by atoms with Crippen molar-refractivity contribution in [3.63, 3.8) is 0 Å². The molecule has 32 heavy (non-hydrogen) atoms. The molecule has 8 nitrogen and oxygen atoms in total. The summed E-state index contributed by atoms with van der Waals surface area (Å²) in [4.78, 5) is 13.5. The summed E-state index contributed by atoms with van der Waals surface area (Å²) >= 11 is 0. The van der Waals surface area contributed by atoms with Crippen LogP contribution in [0.15, 0.2) is 48.7 Å². The molecule has 1 fully saturated rings. The smallest absolute Gasteiger partial charge is 0.229 e. The largest absolute Gasteiger partial charge is 0.508 e. The van der Waals surface area contributed by atoms with Crippen LogP contribution in [0, 0.1) is 11.6 Å². The van der Waals surface area contributed by atoms with Gasteiger partial charge in [0.15, 0.2) is 5.65 Å². The van der Waals surface area contributed by atoms with Crippen molar-refractivity contribution in [2.45, 2.75) is 18.9 Å². The van der Waals surface area contributed by atoms with E-state index < -0.39 is 11.6 Å². The average Bonchev–Trinajstić information content (AvgIpc) is 3.15. The molecule has 1 aliphatic heterocycles. The lowest BCUT2D eigenvalue weighted by molar-refractivity contribution is 0.0710. The van der Waals surface area contributed by atoms with Gasteiger partial charge >= 0.3 is 0 Å². The second kappa shape index (κ2) is 8.39. The van der Waals surface area contributed by atoms with E-state index in [1.54, 1.807) is 30.5 Å². The fourth-order valence-corrected chi connectivity index (χ4v) is 3.71. The first-order valence-corrected chi connectivity index (χ1v) is 10.2. The summed E-state index contributed by atoms with van der Waals surface area (Å²) in [5.41, 5.74) is 1.95. The number of aromatic nitrogens is 4. The third-order valence-electron chi connectivity index (χ3n) is 5.29. The van der Waals surface area contributed by atoms with Crippen LogP contribution in [0.4, 0.5) is 32.1 Å². The third-order valence-corrected chi connectivity index (χ3v) is 5.29. The van der Waals surface area contributed by atoms with Crippen molar-refractivity contribution in [3.05, 3.63) is 60.3 Å². The maximum Gasteiger partial charge on any atom is 0.229 e. The molecule has 164 valence electrons. The Kier molecular flexibility index (Phi) is 5.28. The molecule has 3 heterocycles. The lowest BCUT2D eigenvalue weighted by atomic mass is 10.1. The number of phenolic OH excluding ortho intramolecular Hbond substituents is 1. The van der Waals surface area contributed by atoms with Crippen molar-refractivity contribution in [1.29, 1.82) is 0 Å². The van der Waals surface area contributed by atoms with E-state index in [0.29, 0.717) is 42.0 Å². The molecule has 0 spiro atoms. The number of fused-ring (bicyclic) bond motifs is 1. The first kappa shape index (κ1) is 20.1. The number of benzene rings is 2. The second-order valence-electron chi connectivity index (χ2n) is 7.47. The quantitative estimate of drug-likeness (QED) is 0.390. The molecule has 10 heteroatoms.